The van der Waals surface area contributed by atoms with E-state index in [0.29, 0.717) is 12.0 Å². The summed E-state index contributed by atoms with van der Waals surface area (Å²) in [4.78, 5) is 9.62. The van der Waals surface area contributed by atoms with Crippen LogP contribution in [0.5, 0.6) is 0 Å². The zero-order valence-electron chi connectivity index (χ0n) is 21.7. The summed E-state index contributed by atoms with van der Waals surface area (Å²) in [6, 6.07) is 9.01. The molecule has 0 bridgehead atoms. The average Bonchev–Trinajstić information content (AvgIpc) is 3.23. The minimum Gasteiger partial charge on any atom is -0.355 e. The maximum Gasteiger partial charge on any atom is 0.152 e. The van der Waals surface area contributed by atoms with Gasteiger partial charge >= 0.3 is 0 Å². The molecule has 4 rings (SSSR count). The van der Waals surface area contributed by atoms with E-state index in [1.54, 1.807) is 11.1 Å². The van der Waals surface area contributed by atoms with Crippen LogP contribution in [0, 0.1) is 5.41 Å². The van der Waals surface area contributed by atoms with E-state index < -0.39 is 0 Å². The predicted octanol–water partition coefficient (Wildman–Crippen LogP) is 7.77. The lowest BCUT2D eigenvalue weighted by atomic mass is 9.76. The van der Waals surface area contributed by atoms with Gasteiger partial charge in [-0.05, 0) is 73.6 Å². The van der Waals surface area contributed by atoms with Crippen LogP contribution >= 0.6 is 11.6 Å². The molecule has 4 heteroatoms. The SMILES string of the molecule is C=C(C)/C(Cl)=C(\C=C/CCCC)CN1C=CN=C(N2CCC3(CC2)Cc2ccccc2C3)/C1=C/C. The lowest BCUT2D eigenvalue weighted by Crippen LogP contribution is -2.46. The molecule has 0 unspecified atom stereocenters. The summed E-state index contributed by atoms with van der Waals surface area (Å²) in [6.07, 6.45) is 19.0. The van der Waals surface area contributed by atoms with E-state index in [4.69, 9.17) is 16.6 Å². The maximum atomic E-state index is 6.72. The maximum absolute atomic E-state index is 6.72. The third-order valence-corrected chi connectivity index (χ3v) is 8.23. The minimum atomic E-state index is 0.426. The summed E-state index contributed by atoms with van der Waals surface area (Å²) in [5, 5.41) is 0.756. The smallest absolute Gasteiger partial charge is 0.152 e. The number of allylic oxidation sites excluding steroid dienone is 4. The molecule has 1 saturated heterocycles. The summed E-state index contributed by atoms with van der Waals surface area (Å²) in [5.74, 6) is 1.08. The number of hydrogen-bond acceptors (Lipinski definition) is 3. The van der Waals surface area contributed by atoms with Crippen molar-refractivity contribution in [1.29, 1.82) is 0 Å². The molecule has 2 heterocycles. The van der Waals surface area contributed by atoms with Crippen LogP contribution in [0.2, 0.25) is 0 Å². The highest BCUT2D eigenvalue weighted by Crippen LogP contribution is 2.44. The lowest BCUT2D eigenvalue weighted by Gasteiger charge is -2.42. The molecular formula is C31H40ClN3. The number of unbranched alkanes of at least 4 members (excludes halogenated alkanes) is 2. The predicted molar refractivity (Wildman–Crippen MR) is 150 cm³/mol. The van der Waals surface area contributed by atoms with Gasteiger partial charge in [0, 0.05) is 37.1 Å². The summed E-state index contributed by atoms with van der Waals surface area (Å²) < 4.78 is 0. The molecule has 1 spiro atoms. The first kappa shape index (κ1) is 25.6. The first-order chi connectivity index (χ1) is 17.0. The van der Waals surface area contributed by atoms with Crippen molar-refractivity contribution in [2.24, 2.45) is 10.4 Å². The van der Waals surface area contributed by atoms with Crippen molar-refractivity contribution in [3.8, 4) is 0 Å². The van der Waals surface area contributed by atoms with Crippen LogP contribution in [0.25, 0.3) is 0 Å². The third-order valence-electron chi connectivity index (χ3n) is 7.67. The van der Waals surface area contributed by atoms with Crippen molar-refractivity contribution in [3.05, 3.63) is 94.5 Å². The van der Waals surface area contributed by atoms with Gasteiger partial charge in [0.25, 0.3) is 0 Å². The molecule has 3 nitrogen and oxygen atoms in total. The zero-order valence-corrected chi connectivity index (χ0v) is 22.4. The quantitative estimate of drug-likeness (QED) is 0.287. The lowest BCUT2D eigenvalue weighted by molar-refractivity contribution is 0.157. The number of halogens is 1. The van der Waals surface area contributed by atoms with E-state index in [1.807, 2.05) is 13.1 Å². The molecule has 35 heavy (non-hydrogen) atoms. The largest absolute Gasteiger partial charge is 0.355 e. The fourth-order valence-electron chi connectivity index (χ4n) is 5.66. The molecule has 2 aliphatic heterocycles. The van der Waals surface area contributed by atoms with Gasteiger partial charge in [-0.1, -0.05) is 80.4 Å². The Morgan fingerprint density at radius 1 is 1.17 bits per heavy atom. The Bertz CT molecular complexity index is 1050. The second kappa shape index (κ2) is 11.5. The molecule has 0 N–H and O–H groups in total. The number of likely N-dealkylation sites (tertiary alicyclic amines) is 1. The number of hydrogen-bond donors (Lipinski definition) is 0. The normalized spacial score (nSPS) is 21.0. The van der Waals surface area contributed by atoms with E-state index in [1.165, 1.54) is 38.5 Å². The molecule has 0 saturated carbocycles. The highest BCUT2D eigenvalue weighted by atomic mass is 35.5. The fraction of sp³-hybridized carbons (Fsp3) is 0.452. The van der Waals surface area contributed by atoms with Gasteiger partial charge in [-0.2, -0.15) is 0 Å². The Labute approximate surface area is 217 Å². The molecule has 0 aromatic heterocycles. The highest BCUT2D eigenvalue weighted by molar-refractivity contribution is 6.32. The van der Waals surface area contributed by atoms with Gasteiger partial charge < -0.3 is 9.80 Å². The van der Waals surface area contributed by atoms with Gasteiger partial charge in [-0.25, -0.2) is 4.99 Å². The van der Waals surface area contributed by atoms with Crippen molar-refractivity contribution in [2.45, 2.75) is 65.7 Å². The summed E-state index contributed by atoms with van der Waals surface area (Å²) in [6.45, 7) is 13.2. The van der Waals surface area contributed by atoms with Crippen LogP contribution in [0.4, 0.5) is 0 Å². The van der Waals surface area contributed by atoms with Crippen molar-refractivity contribution >= 4 is 17.4 Å². The Kier molecular flexibility index (Phi) is 8.38. The number of nitrogens with zero attached hydrogens (tertiary/aromatic N) is 3. The first-order valence-electron chi connectivity index (χ1n) is 13.2. The van der Waals surface area contributed by atoms with Crippen LogP contribution < -0.4 is 0 Å². The zero-order chi connectivity index (χ0) is 24.8. The fourth-order valence-corrected chi connectivity index (χ4v) is 5.78. The number of benzene rings is 1. The van der Waals surface area contributed by atoms with Crippen LogP contribution in [0.15, 0.2) is 88.3 Å². The van der Waals surface area contributed by atoms with Crippen molar-refractivity contribution in [1.82, 2.24) is 9.80 Å². The molecule has 1 aliphatic carbocycles. The van der Waals surface area contributed by atoms with Gasteiger partial charge in [0.15, 0.2) is 5.84 Å². The Morgan fingerprint density at radius 2 is 1.86 bits per heavy atom. The van der Waals surface area contributed by atoms with Gasteiger partial charge in [0.1, 0.15) is 0 Å². The summed E-state index contributed by atoms with van der Waals surface area (Å²) >= 11 is 6.72. The van der Waals surface area contributed by atoms with Crippen molar-refractivity contribution in [2.75, 3.05) is 19.6 Å². The number of aliphatic imine (C=N–C) groups is 1. The van der Waals surface area contributed by atoms with Crippen LogP contribution in [0.1, 0.15) is 64.0 Å². The number of piperidine rings is 1. The van der Waals surface area contributed by atoms with Crippen molar-refractivity contribution < 1.29 is 0 Å². The van der Waals surface area contributed by atoms with E-state index in [-0.39, 0.29) is 0 Å². The van der Waals surface area contributed by atoms with E-state index >= 15 is 0 Å². The van der Waals surface area contributed by atoms with Crippen molar-refractivity contribution in [3.63, 3.8) is 0 Å². The monoisotopic (exact) mass is 489 g/mol. The molecule has 3 aliphatic rings. The minimum absolute atomic E-state index is 0.426. The number of fused-ring (bicyclic) bond motifs is 1. The second-order valence-electron chi connectivity index (χ2n) is 10.3. The van der Waals surface area contributed by atoms with E-state index in [9.17, 15) is 0 Å². The second-order valence-corrected chi connectivity index (χ2v) is 10.7. The van der Waals surface area contributed by atoms with E-state index in [2.05, 4.69) is 78.9 Å². The molecule has 1 fully saturated rings. The molecule has 0 amide bonds. The van der Waals surface area contributed by atoms with Crippen LogP contribution in [-0.2, 0) is 12.8 Å². The van der Waals surface area contributed by atoms with Gasteiger partial charge in [-0.3, -0.25) is 0 Å². The molecule has 1 aromatic rings. The van der Waals surface area contributed by atoms with Gasteiger partial charge in [0.05, 0.1) is 5.70 Å². The molecule has 0 radical (unpaired) electrons. The topological polar surface area (TPSA) is 18.8 Å². The summed E-state index contributed by atoms with van der Waals surface area (Å²) in [5.41, 5.74) is 6.69. The van der Waals surface area contributed by atoms with Crippen LogP contribution in [0.3, 0.4) is 0 Å². The Hall–Kier alpha value is -2.52. The first-order valence-corrected chi connectivity index (χ1v) is 13.5. The number of amidine groups is 1. The van der Waals surface area contributed by atoms with Crippen LogP contribution in [-0.4, -0.2) is 35.3 Å². The Morgan fingerprint density at radius 3 is 2.46 bits per heavy atom. The van der Waals surface area contributed by atoms with Gasteiger partial charge in [-0.15, -0.1) is 0 Å². The standard InChI is InChI=1S/C31H40ClN3/c1-5-7-8-9-14-27(29(32)24(3)4)23-35-20-17-33-30(28(35)6-2)34-18-15-31(16-19-34)21-25-12-10-11-13-26(25)22-31/h6,9-14,17,20H,3,5,7-8,15-16,18-19,21-23H2,1-2,4H3/b14-9-,28-6-,29-27-. The Balaban J connectivity index is 1.45. The average molecular weight is 490 g/mol. The molecular weight excluding hydrogens is 450 g/mol. The number of rotatable bonds is 7. The highest BCUT2D eigenvalue weighted by Gasteiger charge is 2.40. The van der Waals surface area contributed by atoms with E-state index in [0.717, 1.165) is 47.2 Å². The molecule has 0 atom stereocenters. The molecule has 1 aromatic carbocycles. The van der Waals surface area contributed by atoms with Gasteiger partial charge in [0.2, 0.25) is 0 Å². The third kappa shape index (κ3) is 5.83. The molecule has 186 valence electrons. The summed E-state index contributed by atoms with van der Waals surface area (Å²) in [7, 11) is 0.